The Kier molecular flexibility index (Phi) is 3.62. The van der Waals surface area contributed by atoms with E-state index in [1.165, 1.54) is 19.3 Å². The van der Waals surface area contributed by atoms with E-state index in [0.29, 0.717) is 23.7 Å². The second kappa shape index (κ2) is 4.97. The van der Waals surface area contributed by atoms with Gasteiger partial charge in [0.1, 0.15) is 0 Å². The van der Waals surface area contributed by atoms with Crippen LogP contribution in [-0.2, 0) is 4.79 Å². The van der Waals surface area contributed by atoms with E-state index in [9.17, 15) is 4.79 Å². The van der Waals surface area contributed by atoms with Gasteiger partial charge in [0.2, 0.25) is 5.91 Å². The van der Waals surface area contributed by atoms with E-state index in [2.05, 4.69) is 17.6 Å². The number of rotatable bonds is 3. The van der Waals surface area contributed by atoms with Gasteiger partial charge in [0.15, 0.2) is 0 Å². The van der Waals surface area contributed by atoms with Gasteiger partial charge in [0.05, 0.1) is 0 Å². The molecule has 1 heterocycles. The quantitative estimate of drug-likeness (QED) is 0.733. The molecule has 15 heavy (non-hydrogen) atoms. The van der Waals surface area contributed by atoms with Gasteiger partial charge in [-0.2, -0.15) is 0 Å². The molecule has 1 saturated carbocycles. The van der Waals surface area contributed by atoms with Gasteiger partial charge in [-0.25, -0.2) is 0 Å². The van der Waals surface area contributed by atoms with Gasteiger partial charge < -0.3 is 10.6 Å². The summed E-state index contributed by atoms with van der Waals surface area (Å²) in [5.74, 6) is 1.84. The predicted molar refractivity (Wildman–Crippen MR) is 60.5 cm³/mol. The molecule has 3 unspecified atom stereocenters. The third-order valence-corrected chi connectivity index (χ3v) is 3.93. The molecule has 3 heteroatoms. The Morgan fingerprint density at radius 3 is 2.87 bits per heavy atom. The number of carbonyl (C=O) groups excluding carboxylic acids is 1. The Balaban J connectivity index is 1.71. The fraction of sp³-hybridized carbons (Fsp3) is 0.917. The molecule has 3 nitrogen and oxygen atoms in total. The number of carbonyl (C=O) groups is 1. The second-order valence-electron chi connectivity index (χ2n) is 5.12. The molecule has 1 saturated heterocycles. The fourth-order valence-electron chi connectivity index (χ4n) is 2.80. The number of nitrogens with one attached hydrogen (secondary N) is 2. The van der Waals surface area contributed by atoms with Crippen molar-refractivity contribution in [1.82, 2.24) is 10.6 Å². The maximum Gasteiger partial charge on any atom is 0.223 e. The Morgan fingerprint density at radius 1 is 1.40 bits per heavy atom. The molecule has 0 bridgehead atoms. The Labute approximate surface area is 92.0 Å². The monoisotopic (exact) mass is 210 g/mol. The zero-order valence-electron chi connectivity index (χ0n) is 9.59. The standard InChI is InChI=1S/C12H22N2O/c1-9-3-2-4-11(9)12(15)14-8-10-5-6-13-7-10/h9-11,13H,2-8H2,1H3,(H,14,15). The van der Waals surface area contributed by atoms with Gasteiger partial charge in [-0.1, -0.05) is 13.3 Å². The van der Waals surface area contributed by atoms with Gasteiger partial charge in [-0.3, -0.25) is 4.79 Å². The van der Waals surface area contributed by atoms with Crippen LogP contribution in [0.4, 0.5) is 0 Å². The van der Waals surface area contributed by atoms with Crippen molar-refractivity contribution in [2.45, 2.75) is 32.6 Å². The van der Waals surface area contributed by atoms with E-state index < -0.39 is 0 Å². The van der Waals surface area contributed by atoms with Crippen LogP contribution in [0.1, 0.15) is 32.6 Å². The molecule has 0 radical (unpaired) electrons. The summed E-state index contributed by atoms with van der Waals surface area (Å²) in [6, 6.07) is 0. The van der Waals surface area contributed by atoms with Crippen molar-refractivity contribution in [3.05, 3.63) is 0 Å². The summed E-state index contributed by atoms with van der Waals surface area (Å²) in [6.45, 7) is 5.25. The van der Waals surface area contributed by atoms with Crippen LogP contribution in [0.15, 0.2) is 0 Å². The first-order chi connectivity index (χ1) is 7.27. The van der Waals surface area contributed by atoms with Gasteiger partial charge in [0, 0.05) is 12.5 Å². The lowest BCUT2D eigenvalue weighted by Crippen LogP contribution is -2.35. The first-order valence-electron chi connectivity index (χ1n) is 6.26. The topological polar surface area (TPSA) is 41.1 Å². The predicted octanol–water partition coefficient (Wildman–Crippen LogP) is 1.15. The molecule has 1 aliphatic heterocycles. The zero-order valence-corrected chi connectivity index (χ0v) is 9.59. The minimum absolute atomic E-state index is 0.291. The maximum absolute atomic E-state index is 11.9. The van der Waals surface area contributed by atoms with Crippen LogP contribution < -0.4 is 10.6 Å². The molecule has 0 spiro atoms. The normalized spacial score (nSPS) is 35.7. The average molecular weight is 210 g/mol. The highest BCUT2D eigenvalue weighted by atomic mass is 16.1. The summed E-state index contributed by atoms with van der Waals surface area (Å²) in [6.07, 6.45) is 4.75. The molecular formula is C12H22N2O. The fourth-order valence-corrected chi connectivity index (χ4v) is 2.80. The number of hydrogen-bond donors (Lipinski definition) is 2. The highest BCUT2D eigenvalue weighted by Crippen LogP contribution is 2.31. The first kappa shape index (κ1) is 10.9. The molecule has 2 aliphatic rings. The zero-order chi connectivity index (χ0) is 10.7. The van der Waals surface area contributed by atoms with Crippen molar-refractivity contribution in [2.75, 3.05) is 19.6 Å². The first-order valence-corrected chi connectivity index (χ1v) is 6.26. The van der Waals surface area contributed by atoms with Gasteiger partial charge >= 0.3 is 0 Å². The van der Waals surface area contributed by atoms with E-state index in [1.54, 1.807) is 0 Å². The third kappa shape index (κ3) is 2.71. The summed E-state index contributed by atoms with van der Waals surface area (Å²) >= 11 is 0. The Morgan fingerprint density at radius 2 is 2.27 bits per heavy atom. The lowest BCUT2D eigenvalue weighted by Gasteiger charge is -2.16. The van der Waals surface area contributed by atoms with E-state index in [-0.39, 0.29) is 0 Å². The van der Waals surface area contributed by atoms with Crippen LogP contribution in [0.25, 0.3) is 0 Å². The van der Waals surface area contributed by atoms with Crippen LogP contribution in [0.2, 0.25) is 0 Å². The SMILES string of the molecule is CC1CCCC1C(=O)NCC1CCNC1. The number of hydrogen-bond acceptors (Lipinski definition) is 2. The minimum Gasteiger partial charge on any atom is -0.356 e. The Bertz CT molecular complexity index is 224. The van der Waals surface area contributed by atoms with Crippen molar-refractivity contribution >= 4 is 5.91 Å². The molecule has 86 valence electrons. The van der Waals surface area contributed by atoms with Crippen LogP contribution >= 0.6 is 0 Å². The van der Waals surface area contributed by atoms with Crippen LogP contribution in [0.5, 0.6) is 0 Å². The second-order valence-corrected chi connectivity index (χ2v) is 5.12. The summed E-state index contributed by atoms with van der Waals surface area (Å²) in [7, 11) is 0. The van der Waals surface area contributed by atoms with E-state index in [4.69, 9.17) is 0 Å². The molecule has 1 aliphatic carbocycles. The minimum atomic E-state index is 0.291. The van der Waals surface area contributed by atoms with Crippen molar-refractivity contribution in [3.8, 4) is 0 Å². The van der Waals surface area contributed by atoms with Crippen LogP contribution in [0.3, 0.4) is 0 Å². The largest absolute Gasteiger partial charge is 0.356 e. The molecule has 3 atom stereocenters. The molecule has 2 rings (SSSR count). The van der Waals surface area contributed by atoms with E-state index in [1.807, 2.05) is 0 Å². The molecule has 2 fully saturated rings. The molecule has 1 amide bonds. The third-order valence-electron chi connectivity index (χ3n) is 3.93. The van der Waals surface area contributed by atoms with Crippen molar-refractivity contribution in [3.63, 3.8) is 0 Å². The Hall–Kier alpha value is -0.570. The highest BCUT2D eigenvalue weighted by Gasteiger charge is 2.29. The summed E-state index contributed by atoms with van der Waals surface area (Å²) < 4.78 is 0. The van der Waals surface area contributed by atoms with E-state index in [0.717, 1.165) is 26.1 Å². The van der Waals surface area contributed by atoms with E-state index >= 15 is 0 Å². The van der Waals surface area contributed by atoms with Crippen molar-refractivity contribution in [2.24, 2.45) is 17.8 Å². The molecule has 0 aromatic carbocycles. The summed E-state index contributed by atoms with van der Waals surface area (Å²) in [4.78, 5) is 11.9. The van der Waals surface area contributed by atoms with Crippen molar-refractivity contribution in [1.29, 1.82) is 0 Å². The highest BCUT2D eigenvalue weighted by molar-refractivity contribution is 5.79. The van der Waals surface area contributed by atoms with Crippen LogP contribution in [0, 0.1) is 17.8 Å². The van der Waals surface area contributed by atoms with Gasteiger partial charge in [-0.15, -0.1) is 0 Å². The molecule has 0 aromatic rings. The molecule has 2 N–H and O–H groups in total. The van der Waals surface area contributed by atoms with Crippen LogP contribution in [-0.4, -0.2) is 25.5 Å². The lowest BCUT2D eigenvalue weighted by atomic mass is 9.97. The van der Waals surface area contributed by atoms with Gasteiger partial charge in [-0.05, 0) is 44.2 Å². The smallest absolute Gasteiger partial charge is 0.223 e. The van der Waals surface area contributed by atoms with Gasteiger partial charge in [0.25, 0.3) is 0 Å². The summed E-state index contributed by atoms with van der Waals surface area (Å²) in [5.41, 5.74) is 0. The molecular weight excluding hydrogens is 188 g/mol. The summed E-state index contributed by atoms with van der Waals surface area (Å²) in [5, 5.41) is 6.44. The lowest BCUT2D eigenvalue weighted by molar-refractivity contribution is -0.126. The maximum atomic E-state index is 11.9. The number of amides is 1. The van der Waals surface area contributed by atoms with Crippen molar-refractivity contribution < 1.29 is 4.79 Å². The average Bonchev–Trinajstić information content (AvgIpc) is 2.84. The molecule has 0 aromatic heterocycles.